The van der Waals surface area contributed by atoms with Gasteiger partial charge in [0.2, 0.25) is 5.56 Å². The van der Waals surface area contributed by atoms with Crippen molar-refractivity contribution in [3.63, 3.8) is 0 Å². The molecule has 0 bridgehead atoms. The zero-order chi connectivity index (χ0) is 14.2. The number of hydrogen-bond donors (Lipinski definition) is 1. The fraction of sp³-hybridized carbons (Fsp3) is 0.300. The molecule has 0 saturated heterocycles. The molecule has 0 aliphatic rings. The number of rotatable bonds is 3. The summed E-state index contributed by atoms with van der Waals surface area (Å²) in [5, 5.41) is 7.04. The first kappa shape index (κ1) is 13.8. The Bertz CT molecular complexity index is 763. The summed E-state index contributed by atoms with van der Waals surface area (Å²) in [6, 6.07) is 4.26. The van der Waals surface area contributed by atoms with Crippen LogP contribution in [0.4, 0.5) is 0 Å². The van der Waals surface area contributed by atoms with Crippen LogP contribution in [0.1, 0.15) is 19.9 Å². The van der Waals surface area contributed by atoms with Gasteiger partial charge in [-0.25, -0.2) is 8.42 Å². The molecule has 7 nitrogen and oxygen atoms in total. The molecule has 0 aromatic carbocycles. The molecule has 0 saturated carbocycles. The molecule has 0 aliphatic carbocycles. The van der Waals surface area contributed by atoms with Crippen LogP contribution < -0.4 is 5.56 Å². The molecule has 9 heteroatoms. The van der Waals surface area contributed by atoms with Gasteiger partial charge in [-0.1, -0.05) is 6.07 Å². The minimum absolute atomic E-state index is 0.239. The molecule has 1 N–H and O–H groups in total. The number of aromatic amines is 1. The summed E-state index contributed by atoms with van der Waals surface area (Å²) >= 11 is 0. The number of aromatic nitrogens is 4. The van der Waals surface area contributed by atoms with Gasteiger partial charge in [-0.2, -0.15) is 0 Å². The third kappa shape index (κ3) is 2.69. The van der Waals surface area contributed by atoms with Gasteiger partial charge in [0.05, 0.1) is 5.69 Å². The fourth-order valence-corrected chi connectivity index (χ4v) is 2.66. The molecule has 2 rings (SSSR count). The molecule has 102 valence electrons. The molecular formula is C10H11ClN4O3S. The predicted octanol–water partition coefficient (Wildman–Crippen LogP) is 1.14. The zero-order valence-corrected chi connectivity index (χ0v) is 11.7. The Balaban J connectivity index is 2.73. The van der Waals surface area contributed by atoms with Crippen molar-refractivity contribution in [3.8, 4) is 11.5 Å². The molecular weight excluding hydrogens is 292 g/mol. The van der Waals surface area contributed by atoms with Crippen molar-refractivity contribution >= 4 is 19.7 Å². The quantitative estimate of drug-likeness (QED) is 0.857. The van der Waals surface area contributed by atoms with Crippen LogP contribution in [-0.2, 0) is 9.05 Å². The first-order chi connectivity index (χ1) is 8.80. The topological polar surface area (TPSA) is 97.7 Å². The van der Waals surface area contributed by atoms with E-state index in [1.807, 2.05) is 0 Å². The third-order valence-corrected chi connectivity index (χ3v) is 3.54. The summed E-state index contributed by atoms with van der Waals surface area (Å²) in [6.07, 6.45) is 0. The summed E-state index contributed by atoms with van der Waals surface area (Å²) in [4.78, 5) is 13.9. The maximum Gasteiger partial charge on any atom is 0.296 e. The fourth-order valence-electron chi connectivity index (χ4n) is 1.67. The van der Waals surface area contributed by atoms with E-state index in [-0.39, 0.29) is 22.6 Å². The highest BCUT2D eigenvalue weighted by Gasteiger charge is 2.25. The van der Waals surface area contributed by atoms with Crippen LogP contribution in [0.3, 0.4) is 0 Å². The third-order valence-electron chi connectivity index (χ3n) is 2.41. The van der Waals surface area contributed by atoms with Gasteiger partial charge in [0.25, 0.3) is 14.2 Å². The molecule has 19 heavy (non-hydrogen) atoms. The standard InChI is InChI=1S/C10H11ClN4O3S/c1-6(2)15-9(7-4-3-5-8(16)12-7)13-14-10(15)19(11,17)18/h3-6H,1-2H3,(H,12,16). The molecule has 0 fully saturated rings. The molecule has 0 radical (unpaired) electrons. The number of nitrogens with zero attached hydrogens (tertiary/aromatic N) is 3. The van der Waals surface area contributed by atoms with E-state index in [4.69, 9.17) is 10.7 Å². The van der Waals surface area contributed by atoms with Gasteiger partial charge in [-0.05, 0) is 19.9 Å². The van der Waals surface area contributed by atoms with Crippen molar-refractivity contribution in [2.24, 2.45) is 0 Å². The van der Waals surface area contributed by atoms with E-state index >= 15 is 0 Å². The van der Waals surface area contributed by atoms with Crippen LogP contribution in [0.5, 0.6) is 0 Å². The van der Waals surface area contributed by atoms with Crippen LogP contribution in [0.2, 0.25) is 0 Å². The van der Waals surface area contributed by atoms with Gasteiger partial charge in [0, 0.05) is 22.8 Å². The lowest BCUT2D eigenvalue weighted by molar-refractivity contribution is 0.530. The largest absolute Gasteiger partial charge is 0.319 e. The Labute approximate surface area is 113 Å². The number of pyridine rings is 1. The molecule has 0 atom stereocenters. The Morgan fingerprint density at radius 1 is 1.32 bits per heavy atom. The summed E-state index contributed by atoms with van der Waals surface area (Å²) in [5.41, 5.74) is 0.0614. The molecule has 0 amide bonds. The number of halogens is 1. The lowest BCUT2D eigenvalue weighted by atomic mass is 10.3. The minimum atomic E-state index is -4.01. The van der Waals surface area contributed by atoms with Crippen LogP contribution >= 0.6 is 10.7 Å². The normalized spacial score (nSPS) is 12.0. The van der Waals surface area contributed by atoms with Gasteiger partial charge in [0.1, 0.15) is 0 Å². The van der Waals surface area contributed by atoms with Crippen LogP contribution in [0.25, 0.3) is 11.5 Å². The average molecular weight is 303 g/mol. The molecule has 2 aromatic rings. The molecule has 0 unspecified atom stereocenters. The summed E-state index contributed by atoms with van der Waals surface area (Å²) in [5.74, 6) is 0.243. The SMILES string of the molecule is CC(C)n1c(-c2cccc(=O)[nH]2)nnc1S(=O)(=O)Cl. The lowest BCUT2D eigenvalue weighted by Crippen LogP contribution is -2.12. The molecule has 0 spiro atoms. The van der Waals surface area contributed by atoms with Crippen LogP contribution in [0, 0.1) is 0 Å². The Morgan fingerprint density at radius 2 is 2.00 bits per heavy atom. The maximum absolute atomic E-state index is 11.4. The smallest absolute Gasteiger partial charge is 0.296 e. The second-order valence-corrected chi connectivity index (χ2v) is 6.60. The minimum Gasteiger partial charge on any atom is -0.319 e. The van der Waals surface area contributed by atoms with Gasteiger partial charge >= 0.3 is 0 Å². The van der Waals surface area contributed by atoms with Crippen molar-refractivity contribution in [2.45, 2.75) is 25.0 Å². The Hall–Kier alpha value is -1.67. The zero-order valence-electron chi connectivity index (χ0n) is 10.2. The summed E-state index contributed by atoms with van der Waals surface area (Å²) in [6.45, 7) is 3.53. The van der Waals surface area contributed by atoms with Crippen LogP contribution in [-0.4, -0.2) is 28.2 Å². The maximum atomic E-state index is 11.4. The van der Waals surface area contributed by atoms with E-state index in [0.29, 0.717) is 5.69 Å². The summed E-state index contributed by atoms with van der Waals surface area (Å²) < 4.78 is 24.2. The van der Waals surface area contributed by atoms with Crippen molar-refractivity contribution in [2.75, 3.05) is 0 Å². The first-order valence-corrected chi connectivity index (χ1v) is 7.71. The molecule has 2 aromatic heterocycles. The molecule has 2 heterocycles. The Kier molecular flexibility index (Phi) is 3.46. The van der Waals surface area contributed by atoms with Crippen molar-refractivity contribution in [1.29, 1.82) is 0 Å². The number of hydrogen-bond acceptors (Lipinski definition) is 5. The molecule has 0 aliphatic heterocycles. The predicted molar refractivity (Wildman–Crippen MR) is 69.5 cm³/mol. The van der Waals surface area contributed by atoms with E-state index in [1.54, 1.807) is 26.0 Å². The highest BCUT2D eigenvalue weighted by atomic mass is 35.7. The van der Waals surface area contributed by atoms with E-state index in [9.17, 15) is 13.2 Å². The average Bonchev–Trinajstić information content (AvgIpc) is 2.72. The van der Waals surface area contributed by atoms with Crippen molar-refractivity contribution in [1.82, 2.24) is 19.7 Å². The van der Waals surface area contributed by atoms with E-state index < -0.39 is 9.05 Å². The van der Waals surface area contributed by atoms with Gasteiger partial charge < -0.3 is 4.98 Å². The van der Waals surface area contributed by atoms with Crippen LogP contribution in [0.15, 0.2) is 28.2 Å². The second-order valence-electron chi connectivity index (χ2n) is 4.14. The van der Waals surface area contributed by atoms with Gasteiger partial charge in [-0.15, -0.1) is 10.2 Å². The highest BCUT2D eigenvalue weighted by molar-refractivity contribution is 8.13. The number of nitrogens with one attached hydrogen (secondary N) is 1. The number of H-pyrrole nitrogens is 1. The van der Waals surface area contributed by atoms with E-state index in [2.05, 4.69) is 15.2 Å². The van der Waals surface area contributed by atoms with Gasteiger partial charge in [0.15, 0.2) is 5.82 Å². The lowest BCUT2D eigenvalue weighted by Gasteiger charge is -2.12. The van der Waals surface area contributed by atoms with E-state index in [0.717, 1.165) is 0 Å². The summed E-state index contributed by atoms with van der Waals surface area (Å²) in [7, 11) is 1.31. The monoisotopic (exact) mass is 302 g/mol. The first-order valence-electron chi connectivity index (χ1n) is 5.40. The van der Waals surface area contributed by atoms with Crippen molar-refractivity contribution in [3.05, 3.63) is 28.6 Å². The van der Waals surface area contributed by atoms with Crippen molar-refractivity contribution < 1.29 is 8.42 Å². The second kappa shape index (κ2) is 4.78. The Morgan fingerprint density at radius 3 is 2.53 bits per heavy atom. The van der Waals surface area contributed by atoms with E-state index in [1.165, 1.54) is 10.6 Å². The van der Waals surface area contributed by atoms with Gasteiger partial charge in [-0.3, -0.25) is 9.36 Å². The highest BCUT2D eigenvalue weighted by Crippen LogP contribution is 2.24.